The molecule has 0 fully saturated rings. The van der Waals surface area contributed by atoms with Gasteiger partial charge in [-0.15, -0.1) is 0 Å². The lowest BCUT2D eigenvalue weighted by Crippen LogP contribution is -2.25. The van der Waals surface area contributed by atoms with Gasteiger partial charge in [0.05, 0.1) is 0 Å². The Bertz CT molecular complexity index is 826. The molecule has 0 bridgehead atoms. The molecular formula is C24H27O6P. The van der Waals surface area contributed by atoms with Gasteiger partial charge in [0, 0.05) is 37.2 Å². The van der Waals surface area contributed by atoms with Crippen molar-refractivity contribution in [2.24, 2.45) is 0 Å². The molecule has 0 aliphatic heterocycles. The summed E-state index contributed by atoms with van der Waals surface area (Å²) in [5.74, 6) is 2.25. The molecule has 0 aromatic heterocycles. The highest BCUT2D eigenvalue weighted by molar-refractivity contribution is 7.80. The Morgan fingerprint density at radius 1 is 0.484 bits per heavy atom. The fraction of sp³-hybridized carbons (Fsp3) is 0.250. The quantitative estimate of drug-likeness (QED) is 0.317. The minimum atomic E-state index is -1.10. The smallest absolute Gasteiger partial charge is 0.188 e. The second kappa shape index (κ2) is 12.3. The van der Waals surface area contributed by atoms with E-state index in [9.17, 15) is 0 Å². The molecule has 0 heterocycles. The molecule has 0 N–H and O–H groups in total. The van der Waals surface area contributed by atoms with Crippen molar-refractivity contribution in [1.29, 1.82) is 0 Å². The zero-order chi connectivity index (χ0) is 21.9. The third-order valence-electron chi connectivity index (χ3n) is 4.32. The van der Waals surface area contributed by atoms with Gasteiger partial charge in [0.2, 0.25) is 0 Å². The number of hydrogen-bond acceptors (Lipinski definition) is 6. The van der Waals surface area contributed by atoms with Gasteiger partial charge in [0.1, 0.15) is 17.2 Å². The standard InChI is InChI=1S/C24H27O6P/c1-25-16-28-19-10-4-7-13-22(19)31(23-14-8-5-11-20(23)29-17-26-2)24-15-9-6-12-21(24)30-18-27-3/h4-15H,16-18H2,1-3H3. The maximum absolute atomic E-state index is 5.92. The van der Waals surface area contributed by atoms with Crippen LogP contribution in [0.1, 0.15) is 0 Å². The molecule has 6 nitrogen and oxygen atoms in total. The lowest BCUT2D eigenvalue weighted by molar-refractivity contribution is 0.0518. The van der Waals surface area contributed by atoms with Crippen molar-refractivity contribution in [2.75, 3.05) is 41.7 Å². The number of methoxy groups -OCH3 is 3. The molecule has 3 aromatic rings. The van der Waals surface area contributed by atoms with Gasteiger partial charge >= 0.3 is 0 Å². The van der Waals surface area contributed by atoms with Crippen LogP contribution in [-0.2, 0) is 14.2 Å². The highest BCUT2D eigenvalue weighted by atomic mass is 31.1. The normalized spacial score (nSPS) is 10.8. The molecule has 0 radical (unpaired) electrons. The SMILES string of the molecule is COCOc1ccccc1P(c1ccccc1OCOC)c1ccccc1OCOC. The van der Waals surface area contributed by atoms with Gasteiger partial charge in [-0.05, 0) is 26.1 Å². The van der Waals surface area contributed by atoms with E-state index < -0.39 is 7.92 Å². The van der Waals surface area contributed by atoms with Crippen LogP contribution in [0.15, 0.2) is 72.8 Å². The van der Waals surface area contributed by atoms with E-state index in [-0.39, 0.29) is 20.4 Å². The van der Waals surface area contributed by atoms with Crippen molar-refractivity contribution < 1.29 is 28.4 Å². The number of hydrogen-bond donors (Lipinski definition) is 0. The summed E-state index contributed by atoms with van der Waals surface area (Å²) >= 11 is 0. The Morgan fingerprint density at radius 3 is 1.06 bits per heavy atom. The Labute approximate surface area is 184 Å². The second-order valence-electron chi connectivity index (χ2n) is 6.39. The first kappa shape index (κ1) is 23.0. The third kappa shape index (κ3) is 5.96. The number of rotatable bonds is 12. The fourth-order valence-electron chi connectivity index (χ4n) is 3.05. The number of para-hydroxylation sites is 3. The van der Waals surface area contributed by atoms with Gasteiger partial charge in [-0.2, -0.15) is 0 Å². The van der Waals surface area contributed by atoms with E-state index in [4.69, 9.17) is 28.4 Å². The van der Waals surface area contributed by atoms with Crippen molar-refractivity contribution >= 4 is 23.8 Å². The average Bonchev–Trinajstić information content (AvgIpc) is 2.82. The average molecular weight is 442 g/mol. The lowest BCUT2D eigenvalue weighted by Gasteiger charge is -2.25. The number of benzene rings is 3. The molecule has 3 aromatic carbocycles. The van der Waals surface area contributed by atoms with Crippen LogP contribution >= 0.6 is 7.92 Å². The Morgan fingerprint density at radius 2 is 0.774 bits per heavy atom. The van der Waals surface area contributed by atoms with E-state index >= 15 is 0 Å². The van der Waals surface area contributed by atoms with Crippen LogP contribution in [0.25, 0.3) is 0 Å². The molecule has 0 aliphatic rings. The van der Waals surface area contributed by atoms with Crippen LogP contribution < -0.4 is 30.1 Å². The highest BCUT2D eigenvalue weighted by Crippen LogP contribution is 2.42. The Hall–Kier alpha value is -2.63. The lowest BCUT2D eigenvalue weighted by atomic mass is 10.3. The predicted molar refractivity (Wildman–Crippen MR) is 123 cm³/mol. The Balaban J connectivity index is 2.18. The fourth-order valence-corrected chi connectivity index (χ4v) is 5.61. The van der Waals surface area contributed by atoms with E-state index in [1.54, 1.807) is 21.3 Å². The van der Waals surface area contributed by atoms with Gasteiger partial charge < -0.3 is 28.4 Å². The highest BCUT2D eigenvalue weighted by Gasteiger charge is 2.26. The molecule has 7 heteroatoms. The molecule has 0 saturated carbocycles. The van der Waals surface area contributed by atoms with Crippen LogP contribution in [-0.4, -0.2) is 41.7 Å². The number of ether oxygens (including phenoxy) is 6. The van der Waals surface area contributed by atoms with Crippen LogP contribution in [0.5, 0.6) is 17.2 Å². The van der Waals surface area contributed by atoms with Gasteiger partial charge in [-0.3, -0.25) is 0 Å². The maximum atomic E-state index is 5.92. The van der Waals surface area contributed by atoms with Gasteiger partial charge in [0.25, 0.3) is 0 Å². The summed E-state index contributed by atoms with van der Waals surface area (Å²) < 4.78 is 33.2. The van der Waals surface area contributed by atoms with E-state index in [0.29, 0.717) is 0 Å². The summed E-state index contributed by atoms with van der Waals surface area (Å²) in [6.45, 7) is 0.470. The third-order valence-corrected chi connectivity index (χ3v) is 6.87. The predicted octanol–water partition coefficient (Wildman–Crippen LogP) is 3.39. The summed E-state index contributed by atoms with van der Waals surface area (Å²) in [7, 11) is 3.71. The summed E-state index contributed by atoms with van der Waals surface area (Å²) in [6.07, 6.45) is 0. The maximum Gasteiger partial charge on any atom is 0.188 e. The molecule has 0 amide bonds. The minimum absolute atomic E-state index is 0.157. The van der Waals surface area contributed by atoms with E-state index in [2.05, 4.69) is 18.2 Å². The van der Waals surface area contributed by atoms with Gasteiger partial charge in [-0.1, -0.05) is 54.6 Å². The largest absolute Gasteiger partial charge is 0.467 e. The summed E-state index contributed by atoms with van der Waals surface area (Å²) in [5, 5.41) is 3.07. The van der Waals surface area contributed by atoms with Gasteiger partial charge in [-0.25, -0.2) is 0 Å². The van der Waals surface area contributed by atoms with E-state index in [1.165, 1.54) is 0 Å². The molecule has 0 unspecified atom stereocenters. The van der Waals surface area contributed by atoms with Crippen LogP contribution in [0.2, 0.25) is 0 Å². The minimum Gasteiger partial charge on any atom is -0.467 e. The molecule has 3 rings (SSSR count). The van der Waals surface area contributed by atoms with Crippen molar-refractivity contribution in [3.05, 3.63) is 72.8 Å². The summed E-state index contributed by atoms with van der Waals surface area (Å²) in [5.41, 5.74) is 0. The van der Waals surface area contributed by atoms with Crippen LogP contribution in [0.4, 0.5) is 0 Å². The second-order valence-corrected chi connectivity index (χ2v) is 8.51. The van der Waals surface area contributed by atoms with Crippen LogP contribution in [0, 0.1) is 0 Å². The van der Waals surface area contributed by atoms with Crippen molar-refractivity contribution in [3.63, 3.8) is 0 Å². The van der Waals surface area contributed by atoms with Crippen LogP contribution in [0.3, 0.4) is 0 Å². The zero-order valence-corrected chi connectivity index (χ0v) is 18.8. The van der Waals surface area contributed by atoms with Gasteiger partial charge in [0.15, 0.2) is 20.4 Å². The molecule has 0 spiro atoms. The van der Waals surface area contributed by atoms with E-state index in [1.807, 2.05) is 54.6 Å². The first-order valence-electron chi connectivity index (χ1n) is 9.72. The summed E-state index contributed by atoms with van der Waals surface area (Å²) in [6, 6.07) is 23.9. The first-order valence-corrected chi connectivity index (χ1v) is 11.1. The molecule has 31 heavy (non-hydrogen) atoms. The topological polar surface area (TPSA) is 55.4 Å². The van der Waals surface area contributed by atoms with Crippen molar-refractivity contribution in [2.45, 2.75) is 0 Å². The summed E-state index contributed by atoms with van der Waals surface area (Å²) in [4.78, 5) is 0. The molecule has 0 saturated heterocycles. The van der Waals surface area contributed by atoms with Crippen molar-refractivity contribution in [1.82, 2.24) is 0 Å². The Kier molecular flexibility index (Phi) is 9.13. The molecular weight excluding hydrogens is 415 g/mol. The zero-order valence-electron chi connectivity index (χ0n) is 17.9. The van der Waals surface area contributed by atoms with Crippen molar-refractivity contribution in [3.8, 4) is 17.2 Å². The molecule has 0 aliphatic carbocycles. The molecule has 164 valence electrons. The van der Waals surface area contributed by atoms with E-state index in [0.717, 1.165) is 33.2 Å². The first-order chi connectivity index (χ1) is 15.3. The monoisotopic (exact) mass is 442 g/mol. The molecule has 0 atom stereocenters.